The van der Waals surface area contributed by atoms with E-state index in [1.54, 1.807) is 0 Å². The Kier molecular flexibility index (Phi) is 2.86. The van der Waals surface area contributed by atoms with Gasteiger partial charge in [-0.2, -0.15) is 0 Å². The molecule has 0 saturated heterocycles. The van der Waals surface area contributed by atoms with Crippen LogP contribution in [0.15, 0.2) is 35.1 Å². The molecule has 1 aromatic heterocycles. The van der Waals surface area contributed by atoms with Crippen LogP contribution in [0.1, 0.15) is 18.3 Å². The molecule has 0 bridgehead atoms. The molecule has 82 valence electrons. The molecule has 0 amide bonds. The molecule has 0 spiro atoms. The van der Waals surface area contributed by atoms with Crippen LogP contribution in [0.4, 0.5) is 0 Å². The monoisotopic (exact) mass is 214 g/mol. The summed E-state index contributed by atoms with van der Waals surface area (Å²) in [6.45, 7) is 4.00. The van der Waals surface area contributed by atoms with Gasteiger partial charge in [-0.3, -0.25) is 4.79 Å². The standard InChI is InChI=1S/C13H14N2O/c1-3-12-14-11(8-13(16)15-12)10-6-4-9(2)5-7-10/h4-8H,3H2,1-2H3,(H,14,15,16). The lowest BCUT2D eigenvalue weighted by atomic mass is 10.1. The van der Waals surface area contributed by atoms with Gasteiger partial charge < -0.3 is 4.98 Å². The van der Waals surface area contributed by atoms with Crippen molar-refractivity contribution in [2.24, 2.45) is 0 Å². The van der Waals surface area contributed by atoms with Crippen molar-refractivity contribution in [2.75, 3.05) is 0 Å². The highest BCUT2D eigenvalue weighted by molar-refractivity contribution is 5.58. The lowest BCUT2D eigenvalue weighted by Crippen LogP contribution is -2.10. The summed E-state index contributed by atoms with van der Waals surface area (Å²) in [4.78, 5) is 18.5. The van der Waals surface area contributed by atoms with Gasteiger partial charge in [0.15, 0.2) is 0 Å². The summed E-state index contributed by atoms with van der Waals surface area (Å²) in [6, 6.07) is 9.53. The average molecular weight is 214 g/mol. The van der Waals surface area contributed by atoms with Crippen LogP contribution in [-0.4, -0.2) is 9.97 Å². The zero-order chi connectivity index (χ0) is 11.5. The summed E-state index contributed by atoms with van der Waals surface area (Å²) in [7, 11) is 0. The Bertz CT molecular complexity index is 541. The van der Waals surface area contributed by atoms with E-state index in [1.165, 1.54) is 11.6 Å². The Balaban J connectivity index is 2.51. The summed E-state index contributed by atoms with van der Waals surface area (Å²) in [5.41, 5.74) is 2.82. The van der Waals surface area contributed by atoms with Gasteiger partial charge in [-0.1, -0.05) is 36.8 Å². The SMILES string of the molecule is CCc1nc(-c2ccc(C)cc2)cc(=O)[nH]1. The lowest BCUT2D eigenvalue weighted by Gasteiger charge is -2.03. The summed E-state index contributed by atoms with van der Waals surface area (Å²) < 4.78 is 0. The second kappa shape index (κ2) is 4.31. The highest BCUT2D eigenvalue weighted by Gasteiger charge is 2.02. The van der Waals surface area contributed by atoms with Gasteiger partial charge in [0.25, 0.3) is 5.56 Å². The molecular formula is C13H14N2O. The molecule has 0 atom stereocenters. The number of aromatic nitrogens is 2. The Hall–Kier alpha value is -1.90. The third-order valence-corrected chi connectivity index (χ3v) is 2.47. The zero-order valence-electron chi connectivity index (χ0n) is 9.45. The minimum Gasteiger partial charge on any atom is -0.311 e. The number of benzene rings is 1. The van der Waals surface area contributed by atoms with Gasteiger partial charge in [0.05, 0.1) is 5.69 Å². The second-order valence-electron chi connectivity index (χ2n) is 3.80. The zero-order valence-corrected chi connectivity index (χ0v) is 9.45. The van der Waals surface area contributed by atoms with E-state index >= 15 is 0 Å². The molecule has 0 aliphatic carbocycles. The molecular weight excluding hydrogens is 200 g/mol. The number of aromatic amines is 1. The molecule has 3 heteroatoms. The van der Waals surface area contributed by atoms with Gasteiger partial charge in [0.1, 0.15) is 5.82 Å². The first-order chi connectivity index (χ1) is 7.69. The van der Waals surface area contributed by atoms with Crippen molar-refractivity contribution in [1.29, 1.82) is 0 Å². The van der Waals surface area contributed by atoms with Crippen LogP contribution >= 0.6 is 0 Å². The van der Waals surface area contributed by atoms with E-state index in [0.717, 1.165) is 23.5 Å². The number of hydrogen-bond acceptors (Lipinski definition) is 2. The molecule has 2 rings (SSSR count). The average Bonchev–Trinajstić information content (AvgIpc) is 2.29. The quantitative estimate of drug-likeness (QED) is 0.833. The fourth-order valence-corrected chi connectivity index (χ4v) is 1.55. The summed E-state index contributed by atoms with van der Waals surface area (Å²) >= 11 is 0. The number of H-pyrrole nitrogens is 1. The van der Waals surface area contributed by atoms with E-state index in [9.17, 15) is 4.79 Å². The number of hydrogen-bond donors (Lipinski definition) is 1. The number of nitrogens with one attached hydrogen (secondary N) is 1. The Morgan fingerprint density at radius 1 is 1.25 bits per heavy atom. The number of rotatable bonds is 2. The molecule has 16 heavy (non-hydrogen) atoms. The smallest absolute Gasteiger partial charge is 0.251 e. The minimum atomic E-state index is -0.0950. The maximum atomic E-state index is 11.4. The lowest BCUT2D eigenvalue weighted by molar-refractivity contribution is 0.924. The first kappa shape index (κ1) is 10.6. The second-order valence-corrected chi connectivity index (χ2v) is 3.80. The highest BCUT2D eigenvalue weighted by Crippen LogP contribution is 2.15. The molecule has 0 aliphatic heterocycles. The van der Waals surface area contributed by atoms with E-state index in [1.807, 2.05) is 38.1 Å². The minimum absolute atomic E-state index is 0.0950. The van der Waals surface area contributed by atoms with Crippen LogP contribution < -0.4 is 5.56 Å². The third-order valence-electron chi connectivity index (χ3n) is 2.47. The third kappa shape index (κ3) is 2.19. The topological polar surface area (TPSA) is 45.8 Å². The van der Waals surface area contributed by atoms with Gasteiger partial charge in [-0.05, 0) is 6.92 Å². The maximum Gasteiger partial charge on any atom is 0.251 e. The largest absolute Gasteiger partial charge is 0.311 e. The Morgan fingerprint density at radius 2 is 1.94 bits per heavy atom. The van der Waals surface area contributed by atoms with Crippen molar-refractivity contribution in [3.63, 3.8) is 0 Å². The molecule has 1 heterocycles. The molecule has 1 N–H and O–H groups in total. The van der Waals surface area contributed by atoms with Gasteiger partial charge in [-0.25, -0.2) is 4.98 Å². The molecule has 2 aromatic rings. The van der Waals surface area contributed by atoms with E-state index in [2.05, 4.69) is 9.97 Å². The van der Waals surface area contributed by atoms with E-state index < -0.39 is 0 Å². The summed E-state index contributed by atoms with van der Waals surface area (Å²) in [6.07, 6.45) is 0.731. The normalized spacial score (nSPS) is 10.4. The van der Waals surface area contributed by atoms with Crippen LogP contribution in [0.25, 0.3) is 11.3 Å². The molecule has 0 fully saturated rings. The first-order valence-corrected chi connectivity index (χ1v) is 5.36. The van der Waals surface area contributed by atoms with Crippen LogP contribution in [0.5, 0.6) is 0 Å². The fraction of sp³-hybridized carbons (Fsp3) is 0.231. The first-order valence-electron chi connectivity index (χ1n) is 5.36. The highest BCUT2D eigenvalue weighted by atomic mass is 16.1. The summed E-state index contributed by atoms with van der Waals surface area (Å²) in [5, 5.41) is 0. The maximum absolute atomic E-state index is 11.4. The molecule has 0 unspecified atom stereocenters. The van der Waals surface area contributed by atoms with Crippen LogP contribution in [-0.2, 0) is 6.42 Å². The van der Waals surface area contributed by atoms with Crippen molar-refractivity contribution in [3.8, 4) is 11.3 Å². The van der Waals surface area contributed by atoms with E-state index in [0.29, 0.717) is 0 Å². The van der Waals surface area contributed by atoms with Gasteiger partial charge in [0, 0.05) is 18.1 Å². The molecule has 0 aliphatic rings. The molecule has 3 nitrogen and oxygen atoms in total. The number of nitrogens with zero attached hydrogens (tertiary/aromatic N) is 1. The Morgan fingerprint density at radius 3 is 2.56 bits per heavy atom. The van der Waals surface area contributed by atoms with E-state index in [-0.39, 0.29) is 5.56 Å². The van der Waals surface area contributed by atoms with Crippen LogP contribution in [0.2, 0.25) is 0 Å². The molecule has 0 radical (unpaired) electrons. The van der Waals surface area contributed by atoms with Crippen molar-refractivity contribution in [3.05, 3.63) is 52.1 Å². The molecule has 1 aromatic carbocycles. The van der Waals surface area contributed by atoms with Gasteiger partial charge in [-0.15, -0.1) is 0 Å². The predicted molar refractivity (Wildman–Crippen MR) is 64.4 cm³/mol. The van der Waals surface area contributed by atoms with Crippen molar-refractivity contribution >= 4 is 0 Å². The van der Waals surface area contributed by atoms with Crippen molar-refractivity contribution in [2.45, 2.75) is 20.3 Å². The Labute approximate surface area is 94.2 Å². The van der Waals surface area contributed by atoms with Gasteiger partial charge in [0.2, 0.25) is 0 Å². The predicted octanol–water partition coefficient (Wildman–Crippen LogP) is 2.31. The van der Waals surface area contributed by atoms with E-state index in [4.69, 9.17) is 0 Å². The summed E-state index contributed by atoms with van der Waals surface area (Å²) in [5.74, 6) is 0.725. The van der Waals surface area contributed by atoms with Crippen LogP contribution in [0, 0.1) is 6.92 Å². The van der Waals surface area contributed by atoms with Crippen LogP contribution in [0.3, 0.4) is 0 Å². The van der Waals surface area contributed by atoms with Crippen molar-refractivity contribution < 1.29 is 0 Å². The van der Waals surface area contributed by atoms with Gasteiger partial charge >= 0.3 is 0 Å². The fourth-order valence-electron chi connectivity index (χ4n) is 1.55. The molecule has 0 saturated carbocycles. The number of aryl methyl sites for hydroxylation is 2. The van der Waals surface area contributed by atoms with Crippen molar-refractivity contribution in [1.82, 2.24) is 9.97 Å².